The lowest BCUT2D eigenvalue weighted by Gasteiger charge is -2.24. The predicted molar refractivity (Wildman–Crippen MR) is 63.1 cm³/mol. The van der Waals surface area contributed by atoms with E-state index in [4.69, 9.17) is 16.3 Å². The lowest BCUT2D eigenvalue weighted by atomic mass is 9.92. The first-order chi connectivity index (χ1) is 6.35. The zero-order valence-corrected chi connectivity index (χ0v) is 10.9. The number of halogens is 1. The second-order valence-corrected chi connectivity index (χ2v) is 5.74. The molecule has 0 heterocycles. The van der Waals surface area contributed by atoms with Crippen LogP contribution in [-0.2, 0) is 4.74 Å². The van der Waals surface area contributed by atoms with Crippen LogP contribution in [0.4, 0.5) is 0 Å². The van der Waals surface area contributed by atoms with E-state index in [-0.39, 0.29) is 5.38 Å². The molecule has 86 valence electrons. The lowest BCUT2D eigenvalue weighted by Crippen LogP contribution is -2.31. The quantitative estimate of drug-likeness (QED) is 0.640. The van der Waals surface area contributed by atoms with Crippen LogP contribution in [0.15, 0.2) is 0 Å². The van der Waals surface area contributed by atoms with E-state index in [1.807, 2.05) is 0 Å². The Morgan fingerprint density at radius 2 is 1.93 bits per heavy atom. The van der Waals surface area contributed by atoms with Crippen molar-refractivity contribution < 1.29 is 4.74 Å². The smallest absolute Gasteiger partial charge is 0.0696 e. The molecule has 0 rings (SSSR count). The van der Waals surface area contributed by atoms with Gasteiger partial charge in [0.2, 0.25) is 0 Å². The van der Waals surface area contributed by atoms with E-state index >= 15 is 0 Å². The molecule has 0 aromatic carbocycles. The van der Waals surface area contributed by atoms with Crippen LogP contribution < -0.4 is 0 Å². The minimum Gasteiger partial charge on any atom is -0.383 e. The van der Waals surface area contributed by atoms with Gasteiger partial charge in [-0.05, 0) is 25.4 Å². The van der Waals surface area contributed by atoms with Gasteiger partial charge in [-0.1, -0.05) is 20.8 Å². The van der Waals surface area contributed by atoms with E-state index < -0.39 is 0 Å². The highest BCUT2D eigenvalue weighted by Gasteiger charge is 2.13. The fraction of sp³-hybridized carbons (Fsp3) is 1.00. The topological polar surface area (TPSA) is 12.5 Å². The Bertz CT molecular complexity index is 145. The third-order valence-electron chi connectivity index (χ3n) is 2.10. The molecule has 0 saturated heterocycles. The number of methoxy groups -OCH3 is 1. The highest BCUT2D eigenvalue weighted by atomic mass is 35.5. The van der Waals surface area contributed by atoms with Crippen molar-refractivity contribution in [3.63, 3.8) is 0 Å². The van der Waals surface area contributed by atoms with Crippen LogP contribution in [0.5, 0.6) is 0 Å². The van der Waals surface area contributed by atoms with Crippen LogP contribution in [0.2, 0.25) is 0 Å². The van der Waals surface area contributed by atoms with Gasteiger partial charge >= 0.3 is 0 Å². The maximum absolute atomic E-state index is 6.06. The van der Waals surface area contributed by atoms with Crippen molar-refractivity contribution in [1.82, 2.24) is 4.90 Å². The first-order valence-corrected chi connectivity index (χ1v) is 5.60. The average Bonchev–Trinajstić information content (AvgIpc) is 2.00. The first-order valence-electron chi connectivity index (χ1n) is 5.16. The van der Waals surface area contributed by atoms with Gasteiger partial charge in [0.05, 0.1) is 12.0 Å². The zero-order chi connectivity index (χ0) is 11.2. The first kappa shape index (κ1) is 14.2. The van der Waals surface area contributed by atoms with Crippen LogP contribution in [-0.4, -0.2) is 44.1 Å². The Morgan fingerprint density at radius 1 is 1.36 bits per heavy atom. The van der Waals surface area contributed by atoms with Crippen LogP contribution in [0.3, 0.4) is 0 Å². The average molecular weight is 222 g/mol. The van der Waals surface area contributed by atoms with Gasteiger partial charge in [-0.2, -0.15) is 0 Å². The summed E-state index contributed by atoms with van der Waals surface area (Å²) in [5, 5.41) is 0.102. The summed E-state index contributed by atoms with van der Waals surface area (Å²) in [6.07, 6.45) is 1.19. The monoisotopic (exact) mass is 221 g/mol. The molecule has 2 nitrogen and oxygen atoms in total. The van der Waals surface area contributed by atoms with E-state index in [9.17, 15) is 0 Å². The SMILES string of the molecule is COCC(Cl)CN(C)CCC(C)(C)C. The number of hydrogen-bond acceptors (Lipinski definition) is 2. The second-order valence-electron chi connectivity index (χ2n) is 5.13. The maximum Gasteiger partial charge on any atom is 0.0696 e. The summed E-state index contributed by atoms with van der Waals surface area (Å²) in [4.78, 5) is 2.27. The predicted octanol–water partition coefficient (Wildman–Crippen LogP) is 2.61. The molecule has 0 saturated carbocycles. The van der Waals surface area contributed by atoms with Crippen molar-refractivity contribution >= 4 is 11.6 Å². The Labute approximate surface area is 93.6 Å². The minimum absolute atomic E-state index is 0.102. The molecule has 14 heavy (non-hydrogen) atoms. The third-order valence-corrected chi connectivity index (χ3v) is 2.36. The van der Waals surface area contributed by atoms with Gasteiger partial charge in [0.25, 0.3) is 0 Å². The van der Waals surface area contributed by atoms with Crippen molar-refractivity contribution in [2.45, 2.75) is 32.6 Å². The largest absolute Gasteiger partial charge is 0.383 e. The molecule has 0 bridgehead atoms. The fourth-order valence-corrected chi connectivity index (χ4v) is 1.55. The fourth-order valence-electron chi connectivity index (χ4n) is 1.19. The summed E-state index contributed by atoms with van der Waals surface area (Å²) in [5.41, 5.74) is 0.400. The summed E-state index contributed by atoms with van der Waals surface area (Å²) in [5.74, 6) is 0. The normalized spacial score (nSPS) is 14.8. The number of nitrogens with zero attached hydrogens (tertiary/aromatic N) is 1. The van der Waals surface area contributed by atoms with E-state index in [0.717, 1.165) is 13.1 Å². The molecule has 0 spiro atoms. The molecule has 0 aromatic heterocycles. The van der Waals surface area contributed by atoms with E-state index in [1.165, 1.54) is 6.42 Å². The molecular weight excluding hydrogens is 198 g/mol. The van der Waals surface area contributed by atoms with Gasteiger partial charge in [0, 0.05) is 13.7 Å². The Morgan fingerprint density at radius 3 is 2.36 bits per heavy atom. The van der Waals surface area contributed by atoms with Crippen molar-refractivity contribution in [2.24, 2.45) is 5.41 Å². The molecule has 0 aliphatic rings. The van der Waals surface area contributed by atoms with E-state index in [0.29, 0.717) is 12.0 Å². The van der Waals surface area contributed by atoms with Crippen molar-refractivity contribution in [1.29, 1.82) is 0 Å². The maximum atomic E-state index is 6.06. The summed E-state index contributed by atoms with van der Waals surface area (Å²) < 4.78 is 4.99. The summed E-state index contributed by atoms with van der Waals surface area (Å²) in [6.45, 7) is 9.39. The van der Waals surface area contributed by atoms with Crippen molar-refractivity contribution in [3.05, 3.63) is 0 Å². The van der Waals surface area contributed by atoms with Gasteiger partial charge in [0.1, 0.15) is 0 Å². The summed E-state index contributed by atoms with van der Waals surface area (Å²) >= 11 is 6.06. The molecule has 3 heteroatoms. The van der Waals surface area contributed by atoms with E-state index in [2.05, 4.69) is 32.7 Å². The molecule has 0 aliphatic heterocycles. The van der Waals surface area contributed by atoms with E-state index in [1.54, 1.807) is 7.11 Å². The van der Waals surface area contributed by atoms with Gasteiger partial charge < -0.3 is 9.64 Å². The standard InChI is InChI=1S/C11H24ClNO/c1-11(2,3)6-7-13(4)8-10(12)9-14-5/h10H,6-9H2,1-5H3. The van der Waals surface area contributed by atoms with Gasteiger partial charge in [-0.25, -0.2) is 0 Å². The molecule has 1 atom stereocenters. The van der Waals surface area contributed by atoms with Crippen LogP contribution in [0.1, 0.15) is 27.2 Å². The molecule has 0 N–H and O–H groups in total. The number of rotatable bonds is 6. The number of ether oxygens (including phenoxy) is 1. The molecule has 0 radical (unpaired) electrons. The van der Waals surface area contributed by atoms with Crippen LogP contribution in [0, 0.1) is 5.41 Å². The number of hydrogen-bond donors (Lipinski definition) is 0. The molecule has 1 unspecified atom stereocenters. The zero-order valence-electron chi connectivity index (χ0n) is 10.1. The lowest BCUT2D eigenvalue weighted by molar-refractivity contribution is 0.178. The third kappa shape index (κ3) is 8.79. The summed E-state index contributed by atoms with van der Waals surface area (Å²) in [7, 11) is 3.79. The minimum atomic E-state index is 0.102. The van der Waals surface area contributed by atoms with Gasteiger partial charge in [-0.3, -0.25) is 0 Å². The van der Waals surface area contributed by atoms with Crippen molar-refractivity contribution in [2.75, 3.05) is 33.9 Å². The molecule has 0 amide bonds. The molecule has 0 aromatic rings. The highest BCUT2D eigenvalue weighted by molar-refractivity contribution is 6.20. The Hall–Kier alpha value is 0.210. The Balaban J connectivity index is 3.59. The highest BCUT2D eigenvalue weighted by Crippen LogP contribution is 2.18. The van der Waals surface area contributed by atoms with Crippen molar-refractivity contribution in [3.8, 4) is 0 Å². The van der Waals surface area contributed by atoms with Gasteiger partial charge in [0.15, 0.2) is 0 Å². The van der Waals surface area contributed by atoms with Crippen LogP contribution in [0.25, 0.3) is 0 Å². The van der Waals surface area contributed by atoms with Crippen LogP contribution >= 0.6 is 11.6 Å². The number of alkyl halides is 1. The Kier molecular flexibility index (Phi) is 6.75. The molecular formula is C11H24ClNO. The summed E-state index contributed by atoms with van der Waals surface area (Å²) in [6, 6.07) is 0. The molecule has 0 fully saturated rings. The van der Waals surface area contributed by atoms with Gasteiger partial charge in [-0.15, -0.1) is 11.6 Å². The molecule has 0 aliphatic carbocycles. The second kappa shape index (κ2) is 6.65.